The average Bonchev–Trinajstić information content (AvgIpc) is 2.89. The smallest absolute Gasteiger partial charge is 0.242 e. The highest BCUT2D eigenvalue weighted by Gasteiger charge is 2.28. The van der Waals surface area contributed by atoms with Gasteiger partial charge in [0.15, 0.2) is 0 Å². The minimum atomic E-state index is -3.64. The van der Waals surface area contributed by atoms with Gasteiger partial charge in [-0.25, -0.2) is 8.42 Å². The molecule has 0 aliphatic heterocycles. The third kappa shape index (κ3) is 9.01. The number of nitrogens with one attached hydrogen (secondary N) is 1. The summed E-state index contributed by atoms with van der Waals surface area (Å²) in [5.74, 6) is -0.00778. The van der Waals surface area contributed by atoms with Crippen molar-refractivity contribution in [3.63, 3.8) is 0 Å². The van der Waals surface area contributed by atoms with Crippen LogP contribution < -0.4 is 14.4 Å². The maximum Gasteiger partial charge on any atom is 0.242 e. The second kappa shape index (κ2) is 14.2. The lowest BCUT2D eigenvalue weighted by Crippen LogP contribution is -2.50. The summed E-state index contributed by atoms with van der Waals surface area (Å²) in [6, 6.07) is 11.3. The van der Waals surface area contributed by atoms with Gasteiger partial charge in [0.25, 0.3) is 0 Å². The van der Waals surface area contributed by atoms with E-state index in [4.69, 9.17) is 27.9 Å². The van der Waals surface area contributed by atoms with Crippen molar-refractivity contribution in [2.45, 2.75) is 70.5 Å². The first-order valence-corrected chi connectivity index (χ1v) is 15.8. The van der Waals surface area contributed by atoms with E-state index in [-0.39, 0.29) is 48.8 Å². The Bertz CT molecular complexity index is 1250. The number of benzene rings is 2. The van der Waals surface area contributed by atoms with E-state index in [1.165, 1.54) is 23.9 Å². The fourth-order valence-corrected chi connectivity index (χ4v) is 6.22. The fraction of sp³-hybridized carbons (Fsp3) is 0.500. The molecule has 39 heavy (non-hydrogen) atoms. The summed E-state index contributed by atoms with van der Waals surface area (Å²) < 4.78 is 31.5. The summed E-state index contributed by atoms with van der Waals surface area (Å²) in [5, 5.41) is 3.94. The molecule has 8 nitrogen and oxygen atoms in total. The molecule has 0 unspecified atom stereocenters. The maximum atomic E-state index is 13.5. The minimum absolute atomic E-state index is 0.0531. The molecule has 2 aromatic rings. The predicted octanol–water partition coefficient (Wildman–Crippen LogP) is 5.41. The van der Waals surface area contributed by atoms with E-state index < -0.39 is 16.1 Å². The number of rotatable bonds is 12. The second-order valence-corrected chi connectivity index (χ2v) is 12.7. The zero-order chi connectivity index (χ0) is 28.6. The molecule has 11 heteroatoms. The van der Waals surface area contributed by atoms with Gasteiger partial charge in [0.1, 0.15) is 11.8 Å². The summed E-state index contributed by atoms with van der Waals surface area (Å²) in [7, 11) is -2.16. The van der Waals surface area contributed by atoms with E-state index in [0.717, 1.165) is 37.5 Å². The van der Waals surface area contributed by atoms with Crippen LogP contribution in [0, 0.1) is 0 Å². The van der Waals surface area contributed by atoms with Crippen LogP contribution in [0.15, 0.2) is 42.5 Å². The first-order chi connectivity index (χ1) is 18.5. The van der Waals surface area contributed by atoms with Gasteiger partial charge in [-0.3, -0.25) is 13.9 Å². The SMILES string of the molecule is COc1ccc(N(CCCC(=O)N(Cc2cccc(Cl)c2)[C@H](C)C(=O)NC2CCCCC2)S(C)(=O)=O)cc1Cl. The molecule has 0 spiro atoms. The Morgan fingerprint density at radius 3 is 2.44 bits per heavy atom. The summed E-state index contributed by atoms with van der Waals surface area (Å²) >= 11 is 12.4. The predicted molar refractivity (Wildman–Crippen MR) is 156 cm³/mol. The Morgan fingerprint density at radius 2 is 1.82 bits per heavy atom. The van der Waals surface area contributed by atoms with Crippen molar-refractivity contribution in [2.24, 2.45) is 0 Å². The molecule has 0 radical (unpaired) electrons. The number of methoxy groups -OCH3 is 1. The molecule has 1 saturated carbocycles. The highest BCUT2D eigenvalue weighted by molar-refractivity contribution is 7.92. The molecule has 1 atom stereocenters. The highest BCUT2D eigenvalue weighted by atomic mass is 35.5. The van der Waals surface area contributed by atoms with Crippen LogP contribution in [-0.4, -0.2) is 57.1 Å². The number of anilines is 1. The normalized spacial score (nSPS) is 14.9. The fourth-order valence-electron chi connectivity index (χ4n) is 4.80. The van der Waals surface area contributed by atoms with E-state index in [2.05, 4.69) is 5.32 Å². The third-order valence-electron chi connectivity index (χ3n) is 6.94. The van der Waals surface area contributed by atoms with Crippen LogP contribution in [0.5, 0.6) is 5.75 Å². The van der Waals surface area contributed by atoms with Gasteiger partial charge in [-0.1, -0.05) is 54.6 Å². The van der Waals surface area contributed by atoms with Crippen molar-refractivity contribution in [3.05, 3.63) is 58.1 Å². The average molecular weight is 599 g/mol. The minimum Gasteiger partial charge on any atom is -0.495 e. The van der Waals surface area contributed by atoms with Crippen LogP contribution in [0.1, 0.15) is 57.4 Å². The number of hydrogen-bond donors (Lipinski definition) is 1. The summed E-state index contributed by atoms with van der Waals surface area (Å²) in [5.41, 5.74) is 1.19. The molecule has 0 heterocycles. The van der Waals surface area contributed by atoms with Gasteiger partial charge in [-0.15, -0.1) is 0 Å². The molecule has 3 rings (SSSR count). The number of carbonyl (C=O) groups excluding carboxylic acids is 2. The zero-order valence-corrected chi connectivity index (χ0v) is 25.0. The lowest BCUT2D eigenvalue weighted by atomic mass is 9.95. The van der Waals surface area contributed by atoms with Gasteiger partial charge < -0.3 is 15.0 Å². The van der Waals surface area contributed by atoms with Crippen LogP contribution in [0.4, 0.5) is 5.69 Å². The molecule has 1 aliphatic carbocycles. The number of ether oxygens (including phenoxy) is 1. The summed E-state index contributed by atoms with van der Waals surface area (Å²) in [4.78, 5) is 28.2. The Morgan fingerprint density at radius 1 is 1.10 bits per heavy atom. The summed E-state index contributed by atoms with van der Waals surface area (Å²) in [6.45, 7) is 2.01. The van der Waals surface area contributed by atoms with E-state index >= 15 is 0 Å². The molecule has 1 fully saturated rings. The number of halogens is 2. The Balaban J connectivity index is 1.73. The lowest BCUT2D eigenvalue weighted by Gasteiger charge is -2.31. The number of sulfonamides is 1. The molecule has 0 aromatic heterocycles. The molecule has 2 amide bonds. The highest BCUT2D eigenvalue weighted by Crippen LogP contribution is 2.30. The molecule has 214 valence electrons. The van der Waals surface area contributed by atoms with Crippen molar-refractivity contribution in [1.82, 2.24) is 10.2 Å². The van der Waals surface area contributed by atoms with Gasteiger partial charge >= 0.3 is 0 Å². The first kappa shape index (κ1) is 31.0. The molecular weight excluding hydrogens is 561 g/mol. The largest absolute Gasteiger partial charge is 0.495 e. The number of nitrogens with zero attached hydrogens (tertiary/aromatic N) is 2. The molecule has 0 saturated heterocycles. The van der Waals surface area contributed by atoms with Gasteiger partial charge in [0, 0.05) is 30.6 Å². The third-order valence-corrected chi connectivity index (χ3v) is 8.66. The van der Waals surface area contributed by atoms with E-state index in [9.17, 15) is 18.0 Å². The topological polar surface area (TPSA) is 96.0 Å². The standard InChI is InChI=1S/C28H37Cl2N3O5S/c1-20(28(35)31-23-11-5-4-6-12-23)32(19-21-9-7-10-22(29)17-21)27(34)13-8-16-33(39(3,36)37)24-14-15-26(38-2)25(30)18-24/h7,9-10,14-15,17-18,20,23H,4-6,8,11-13,16,19H2,1-3H3,(H,31,35)/t20-/m1/s1. The molecule has 1 N–H and O–H groups in total. The van der Waals surface area contributed by atoms with Gasteiger partial charge in [-0.05, 0) is 62.1 Å². The van der Waals surface area contributed by atoms with E-state index in [0.29, 0.717) is 16.5 Å². The van der Waals surface area contributed by atoms with Crippen LogP contribution in [0.25, 0.3) is 0 Å². The zero-order valence-electron chi connectivity index (χ0n) is 22.7. The number of amides is 2. The van der Waals surface area contributed by atoms with Crippen molar-refractivity contribution < 1.29 is 22.7 Å². The maximum absolute atomic E-state index is 13.5. The monoisotopic (exact) mass is 597 g/mol. The van der Waals surface area contributed by atoms with Gasteiger partial charge in [0.05, 0.1) is 24.1 Å². The Labute approximate surface area is 241 Å². The van der Waals surface area contributed by atoms with Crippen molar-refractivity contribution in [3.8, 4) is 5.75 Å². The molecular formula is C28H37Cl2N3O5S. The van der Waals surface area contributed by atoms with Crippen molar-refractivity contribution >= 4 is 50.7 Å². The van der Waals surface area contributed by atoms with Gasteiger partial charge in [-0.2, -0.15) is 0 Å². The number of hydrogen-bond acceptors (Lipinski definition) is 5. The van der Waals surface area contributed by atoms with E-state index in [1.54, 1.807) is 42.2 Å². The Kier molecular flexibility index (Phi) is 11.3. The van der Waals surface area contributed by atoms with Crippen LogP contribution >= 0.6 is 23.2 Å². The second-order valence-electron chi connectivity index (χ2n) is 9.93. The van der Waals surface area contributed by atoms with Crippen molar-refractivity contribution in [1.29, 1.82) is 0 Å². The molecule has 0 bridgehead atoms. The van der Waals surface area contributed by atoms with Crippen LogP contribution in [0.2, 0.25) is 10.0 Å². The van der Waals surface area contributed by atoms with Crippen molar-refractivity contribution in [2.75, 3.05) is 24.2 Å². The Hall–Kier alpha value is -2.49. The lowest BCUT2D eigenvalue weighted by molar-refractivity contribution is -0.141. The van der Waals surface area contributed by atoms with Crippen LogP contribution in [0.3, 0.4) is 0 Å². The van der Waals surface area contributed by atoms with Crippen LogP contribution in [-0.2, 0) is 26.2 Å². The number of carbonyl (C=O) groups is 2. The molecule has 1 aliphatic rings. The summed E-state index contributed by atoms with van der Waals surface area (Å²) in [6.07, 6.45) is 6.64. The van der Waals surface area contributed by atoms with Gasteiger partial charge in [0.2, 0.25) is 21.8 Å². The molecule has 2 aromatic carbocycles. The first-order valence-electron chi connectivity index (χ1n) is 13.1. The van der Waals surface area contributed by atoms with E-state index in [1.807, 2.05) is 6.07 Å². The quantitative estimate of drug-likeness (QED) is 0.352.